The molecule has 0 spiro atoms. The van der Waals surface area contributed by atoms with Crippen LogP contribution in [0.15, 0.2) is 0 Å². The van der Waals surface area contributed by atoms with Crippen molar-refractivity contribution >= 4 is 11.9 Å². The number of carboxylic acids is 1. The predicted octanol–water partition coefficient (Wildman–Crippen LogP) is 0.261. The Morgan fingerprint density at radius 3 is 2.31 bits per heavy atom. The third-order valence-electron chi connectivity index (χ3n) is 3.08. The van der Waals surface area contributed by atoms with Crippen molar-refractivity contribution in [2.45, 2.75) is 19.3 Å². The number of rotatable bonds is 4. The van der Waals surface area contributed by atoms with E-state index < -0.39 is 5.97 Å². The van der Waals surface area contributed by atoms with Crippen LogP contribution >= 0.6 is 0 Å². The summed E-state index contributed by atoms with van der Waals surface area (Å²) in [5, 5.41) is 8.84. The summed E-state index contributed by atoms with van der Waals surface area (Å²) in [6, 6.07) is 0. The molecule has 0 aromatic rings. The summed E-state index contributed by atoms with van der Waals surface area (Å²) in [4.78, 5) is 25.9. The Kier molecular flexibility index (Phi) is 4.73. The monoisotopic (exact) mass is 228 g/mol. The van der Waals surface area contributed by atoms with Crippen LogP contribution in [0.5, 0.6) is 0 Å². The molecule has 1 rings (SSSR count). The number of likely N-dealkylation sites (tertiary alicyclic amines) is 1. The van der Waals surface area contributed by atoms with E-state index in [4.69, 9.17) is 5.11 Å². The smallest absolute Gasteiger partial charge is 0.306 e. The van der Waals surface area contributed by atoms with Gasteiger partial charge in [0, 0.05) is 27.1 Å². The second kappa shape index (κ2) is 5.84. The molecule has 0 unspecified atom stereocenters. The van der Waals surface area contributed by atoms with Crippen LogP contribution in [0.4, 0.5) is 0 Å². The number of carbonyl (C=O) groups excluding carboxylic acids is 1. The zero-order chi connectivity index (χ0) is 12.1. The van der Waals surface area contributed by atoms with Crippen LogP contribution in [-0.2, 0) is 9.59 Å². The average molecular weight is 228 g/mol. The van der Waals surface area contributed by atoms with Gasteiger partial charge >= 0.3 is 5.97 Å². The third-order valence-corrected chi connectivity index (χ3v) is 3.08. The van der Waals surface area contributed by atoms with Gasteiger partial charge in [-0.15, -0.1) is 0 Å². The molecule has 0 saturated carbocycles. The molecule has 0 aromatic heterocycles. The maximum absolute atomic E-state index is 11.4. The fourth-order valence-electron chi connectivity index (χ4n) is 1.88. The number of amides is 1. The van der Waals surface area contributed by atoms with Crippen molar-refractivity contribution in [1.82, 2.24) is 9.80 Å². The van der Waals surface area contributed by atoms with E-state index in [2.05, 4.69) is 4.90 Å². The van der Waals surface area contributed by atoms with Crippen LogP contribution in [0.3, 0.4) is 0 Å². The maximum atomic E-state index is 11.4. The molecule has 1 N–H and O–H groups in total. The fourth-order valence-corrected chi connectivity index (χ4v) is 1.88. The van der Waals surface area contributed by atoms with Gasteiger partial charge in [0.05, 0.1) is 5.92 Å². The molecule has 1 fully saturated rings. The van der Waals surface area contributed by atoms with E-state index in [0.29, 0.717) is 19.3 Å². The molecule has 5 nitrogen and oxygen atoms in total. The normalized spacial score (nSPS) is 18.4. The van der Waals surface area contributed by atoms with E-state index in [1.165, 1.54) is 0 Å². The quantitative estimate of drug-likeness (QED) is 0.750. The van der Waals surface area contributed by atoms with Gasteiger partial charge in [0.2, 0.25) is 5.91 Å². The lowest BCUT2D eigenvalue weighted by molar-refractivity contribution is -0.143. The lowest BCUT2D eigenvalue weighted by Gasteiger charge is -2.29. The van der Waals surface area contributed by atoms with Crippen LogP contribution in [0.2, 0.25) is 0 Å². The van der Waals surface area contributed by atoms with Crippen LogP contribution in [0.1, 0.15) is 19.3 Å². The molecule has 1 saturated heterocycles. The molecule has 92 valence electrons. The van der Waals surface area contributed by atoms with Crippen LogP contribution < -0.4 is 0 Å². The number of hydrogen-bond donors (Lipinski definition) is 1. The largest absolute Gasteiger partial charge is 0.481 e. The number of piperidine rings is 1. The molecular formula is C11H20N2O3. The van der Waals surface area contributed by atoms with Gasteiger partial charge in [-0.1, -0.05) is 0 Å². The second-order valence-electron chi connectivity index (χ2n) is 4.49. The third kappa shape index (κ3) is 3.81. The standard InChI is InChI=1S/C11H20N2O3/c1-12(2)10(14)5-8-13-6-3-9(4-7-13)11(15)16/h9H,3-8H2,1-2H3,(H,15,16). The molecule has 16 heavy (non-hydrogen) atoms. The maximum Gasteiger partial charge on any atom is 0.306 e. The van der Waals surface area contributed by atoms with Gasteiger partial charge in [0.25, 0.3) is 0 Å². The van der Waals surface area contributed by atoms with Crippen molar-refractivity contribution in [2.24, 2.45) is 5.92 Å². The molecule has 1 heterocycles. The first kappa shape index (κ1) is 13.0. The van der Waals surface area contributed by atoms with Crippen LogP contribution in [0.25, 0.3) is 0 Å². The van der Waals surface area contributed by atoms with E-state index in [0.717, 1.165) is 19.6 Å². The first-order chi connectivity index (χ1) is 7.50. The lowest BCUT2D eigenvalue weighted by Crippen LogP contribution is -2.38. The van der Waals surface area contributed by atoms with Gasteiger partial charge in [-0.05, 0) is 25.9 Å². The minimum absolute atomic E-state index is 0.125. The fraction of sp³-hybridized carbons (Fsp3) is 0.818. The lowest BCUT2D eigenvalue weighted by atomic mass is 9.97. The Hall–Kier alpha value is -1.10. The summed E-state index contributed by atoms with van der Waals surface area (Å²) in [5.74, 6) is -0.759. The van der Waals surface area contributed by atoms with Crippen molar-refractivity contribution in [2.75, 3.05) is 33.7 Å². The Labute approximate surface area is 96.0 Å². The predicted molar refractivity (Wildman–Crippen MR) is 60.1 cm³/mol. The number of hydrogen-bond acceptors (Lipinski definition) is 3. The molecule has 0 bridgehead atoms. The van der Waals surface area contributed by atoms with Crippen molar-refractivity contribution in [1.29, 1.82) is 0 Å². The van der Waals surface area contributed by atoms with Gasteiger partial charge in [-0.2, -0.15) is 0 Å². The van der Waals surface area contributed by atoms with Crippen LogP contribution in [-0.4, -0.2) is 60.5 Å². The highest BCUT2D eigenvalue weighted by molar-refractivity contribution is 5.75. The van der Waals surface area contributed by atoms with Crippen molar-refractivity contribution in [3.63, 3.8) is 0 Å². The molecule has 1 aliphatic heterocycles. The zero-order valence-corrected chi connectivity index (χ0v) is 9.98. The molecule has 0 radical (unpaired) electrons. The second-order valence-corrected chi connectivity index (χ2v) is 4.49. The van der Waals surface area contributed by atoms with E-state index >= 15 is 0 Å². The summed E-state index contributed by atoms with van der Waals surface area (Å²) in [7, 11) is 3.50. The zero-order valence-electron chi connectivity index (χ0n) is 9.98. The minimum Gasteiger partial charge on any atom is -0.481 e. The Balaban J connectivity index is 2.22. The Bertz CT molecular complexity index is 258. The van der Waals surface area contributed by atoms with Crippen molar-refractivity contribution in [3.8, 4) is 0 Å². The Morgan fingerprint density at radius 2 is 1.88 bits per heavy atom. The molecule has 0 aromatic carbocycles. The summed E-state index contributed by atoms with van der Waals surface area (Å²) >= 11 is 0. The van der Waals surface area contributed by atoms with E-state index in [1.54, 1.807) is 19.0 Å². The number of nitrogens with zero attached hydrogens (tertiary/aromatic N) is 2. The minimum atomic E-state index is -0.691. The van der Waals surface area contributed by atoms with Crippen molar-refractivity contribution in [3.05, 3.63) is 0 Å². The molecule has 5 heteroatoms. The van der Waals surface area contributed by atoms with Crippen LogP contribution in [0, 0.1) is 5.92 Å². The first-order valence-corrected chi connectivity index (χ1v) is 5.66. The van der Waals surface area contributed by atoms with Gasteiger partial charge < -0.3 is 14.9 Å². The van der Waals surface area contributed by atoms with Gasteiger partial charge in [-0.3, -0.25) is 9.59 Å². The highest BCUT2D eigenvalue weighted by Gasteiger charge is 2.24. The van der Waals surface area contributed by atoms with Gasteiger partial charge in [0.1, 0.15) is 0 Å². The van der Waals surface area contributed by atoms with Crippen molar-refractivity contribution < 1.29 is 14.7 Å². The molecular weight excluding hydrogens is 208 g/mol. The van der Waals surface area contributed by atoms with Gasteiger partial charge in [0.15, 0.2) is 0 Å². The summed E-state index contributed by atoms with van der Waals surface area (Å²) in [6.07, 6.45) is 1.92. The summed E-state index contributed by atoms with van der Waals surface area (Å²) in [6.45, 7) is 2.32. The van der Waals surface area contributed by atoms with E-state index in [9.17, 15) is 9.59 Å². The molecule has 1 aliphatic rings. The number of carboxylic acid groups (broad SMARTS) is 1. The molecule has 1 amide bonds. The topological polar surface area (TPSA) is 60.9 Å². The van der Waals surface area contributed by atoms with E-state index in [1.807, 2.05) is 0 Å². The van der Waals surface area contributed by atoms with E-state index in [-0.39, 0.29) is 11.8 Å². The SMILES string of the molecule is CN(C)C(=O)CCN1CCC(C(=O)O)CC1. The Morgan fingerprint density at radius 1 is 1.31 bits per heavy atom. The first-order valence-electron chi connectivity index (χ1n) is 5.66. The molecule has 0 aliphatic carbocycles. The summed E-state index contributed by atoms with van der Waals surface area (Å²) in [5.41, 5.74) is 0. The number of aliphatic carboxylic acids is 1. The molecule has 0 atom stereocenters. The highest BCUT2D eigenvalue weighted by Crippen LogP contribution is 2.17. The number of carbonyl (C=O) groups is 2. The van der Waals surface area contributed by atoms with Gasteiger partial charge in [-0.25, -0.2) is 0 Å². The average Bonchev–Trinajstić information content (AvgIpc) is 2.26. The summed E-state index contributed by atoms with van der Waals surface area (Å²) < 4.78 is 0. The highest BCUT2D eigenvalue weighted by atomic mass is 16.4.